The van der Waals surface area contributed by atoms with Crippen molar-refractivity contribution in [3.8, 4) is 0 Å². The van der Waals surface area contributed by atoms with Crippen LogP contribution in [0.4, 0.5) is 5.69 Å². The van der Waals surface area contributed by atoms with E-state index >= 15 is 0 Å². The molecular formula is C14H22N2O3S. The van der Waals surface area contributed by atoms with Gasteiger partial charge in [-0.05, 0) is 37.5 Å². The number of hydrogen-bond donors (Lipinski definition) is 3. The highest BCUT2D eigenvalue weighted by Crippen LogP contribution is 2.37. The molecule has 0 radical (unpaired) electrons. The number of rotatable bonds is 5. The quantitative estimate of drug-likeness (QED) is 0.717. The molecule has 1 aliphatic carbocycles. The molecule has 2 rings (SSSR count). The Morgan fingerprint density at radius 2 is 2.00 bits per heavy atom. The molecule has 6 heteroatoms. The van der Waals surface area contributed by atoms with E-state index in [1.54, 1.807) is 12.1 Å². The van der Waals surface area contributed by atoms with Crippen molar-refractivity contribution in [3.05, 3.63) is 23.8 Å². The van der Waals surface area contributed by atoms with Gasteiger partial charge in [0.05, 0.1) is 5.69 Å². The molecule has 0 amide bonds. The molecule has 112 valence electrons. The van der Waals surface area contributed by atoms with Gasteiger partial charge in [0.15, 0.2) is 0 Å². The number of hydrogen-bond acceptors (Lipinski definition) is 4. The number of nitrogens with one attached hydrogen (secondary N) is 1. The van der Waals surface area contributed by atoms with Crippen molar-refractivity contribution in [2.45, 2.75) is 37.5 Å². The van der Waals surface area contributed by atoms with E-state index in [0.717, 1.165) is 31.2 Å². The van der Waals surface area contributed by atoms with Gasteiger partial charge in [-0.25, -0.2) is 13.1 Å². The average Bonchev–Trinajstić information content (AvgIpc) is 2.85. The SMILES string of the molecule is Cc1ccc(S(=O)(=O)NCC2(CO)CCCC2)c(N)c1. The number of benzene rings is 1. The van der Waals surface area contributed by atoms with E-state index in [2.05, 4.69) is 4.72 Å². The van der Waals surface area contributed by atoms with E-state index in [1.807, 2.05) is 6.92 Å². The van der Waals surface area contributed by atoms with Crippen molar-refractivity contribution in [1.82, 2.24) is 4.72 Å². The minimum atomic E-state index is -3.63. The second-order valence-corrected chi connectivity index (χ2v) is 7.47. The van der Waals surface area contributed by atoms with E-state index in [4.69, 9.17) is 5.73 Å². The van der Waals surface area contributed by atoms with Crippen LogP contribution in [0.5, 0.6) is 0 Å². The van der Waals surface area contributed by atoms with Crippen molar-refractivity contribution >= 4 is 15.7 Å². The highest BCUT2D eigenvalue weighted by atomic mass is 32.2. The summed E-state index contributed by atoms with van der Waals surface area (Å²) >= 11 is 0. The van der Waals surface area contributed by atoms with Gasteiger partial charge in [-0.1, -0.05) is 18.9 Å². The van der Waals surface area contributed by atoms with Crippen LogP contribution >= 0.6 is 0 Å². The molecule has 1 aliphatic rings. The minimum absolute atomic E-state index is 0.0128. The lowest BCUT2D eigenvalue weighted by atomic mass is 9.88. The predicted molar refractivity (Wildman–Crippen MR) is 78.8 cm³/mol. The van der Waals surface area contributed by atoms with Gasteiger partial charge in [-0.15, -0.1) is 0 Å². The number of aryl methyl sites for hydroxylation is 1. The molecule has 0 heterocycles. The molecule has 1 aromatic rings. The summed E-state index contributed by atoms with van der Waals surface area (Å²) in [6, 6.07) is 4.89. The van der Waals surface area contributed by atoms with Crippen LogP contribution in [0, 0.1) is 12.3 Å². The molecular weight excluding hydrogens is 276 g/mol. The first-order valence-electron chi connectivity index (χ1n) is 6.85. The molecule has 0 unspecified atom stereocenters. The van der Waals surface area contributed by atoms with Crippen molar-refractivity contribution in [2.75, 3.05) is 18.9 Å². The lowest BCUT2D eigenvalue weighted by Crippen LogP contribution is -2.38. The van der Waals surface area contributed by atoms with Crippen molar-refractivity contribution in [3.63, 3.8) is 0 Å². The fraction of sp³-hybridized carbons (Fsp3) is 0.571. The van der Waals surface area contributed by atoms with E-state index in [9.17, 15) is 13.5 Å². The standard InChI is InChI=1S/C14H22N2O3S/c1-11-4-5-13(12(15)8-11)20(18,19)16-9-14(10-17)6-2-3-7-14/h4-5,8,16-17H,2-3,6-7,9-10,15H2,1H3. The molecule has 0 spiro atoms. The fourth-order valence-electron chi connectivity index (χ4n) is 2.75. The summed E-state index contributed by atoms with van der Waals surface area (Å²) in [6.45, 7) is 2.14. The van der Waals surface area contributed by atoms with Gasteiger partial charge in [0, 0.05) is 18.6 Å². The third kappa shape index (κ3) is 3.13. The zero-order valence-corrected chi connectivity index (χ0v) is 12.5. The molecule has 4 N–H and O–H groups in total. The summed E-state index contributed by atoms with van der Waals surface area (Å²) in [6.07, 6.45) is 3.79. The van der Waals surface area contributed by atoms with E-state index in [-0.39, 0.29) is 29.1 Å². The third-order valence-electron chi connectivity index (χ3n) is 4.09. The van der Waals surface area contributed by atoms with Gasteiger partial charge in [-0.3, -0.25) is 0 Å². The summed E-state index contributed by atoms with van der Waals surface area (Å²) in [5.41, 5.74) is 6.65. The Labute approximate surface area is 120 Å². The summed E-state index contributed by atoms with van der Waals surface area (Å²) in [5, 5.41) is 9.52. The Morgan fingerprint density at radius 3 is 2.55 bits per heavy atom. The highest BCUT2D eigenvalue weighted by Gasteiger charge is 2.34. The number of aliphatic hydroxyl groups is 1. The highest BCUT2D eigenvalue weighted by molar-refractivity contribution is 7.89. The van der Waals surface area contributed by atoms with Crippen LogP contribution < -0.4 is 10.5 Å². The van der Waals surface area contributed by atoms with Gasteiger partial charge in [0.25, 0.3) is 0 Å². The second-order valence-electron chi connectivity index (χ2n) is 5.73. The molecule has 0 saturated heterocycles. The van der Waals surface area contributed by atoms with Crippen LogP contribution in [0.15, 0.2) is 23.1 Å². The van der Waals surface area contributed by atoms with Crippen LogP contribution in [0.1, 0.15) is 31.2 Å². The monoisotopic (exact) mass is 298 g/mol. The summed E-state index contributed by atoms with van der Waals surface area (Å²) in [5.74, 6) is 0. The maximum atomic E-state index is 12.3. The van der Waals surface area contributed by atoms with Crippen LogP contribution in [0.25, 0.3) is 0 Å². The molecule has 1 fully saturated rings. The van der Waals surface area contributed by atoms with Gasteiger partial charge in [0.2, 0.25) is 10.0 Å². The third-order valence-corrected chi connectivity index (χ3v) is 5.57. The largest absolute Gasteiger partial charge is 0.398 e. The Kier molecular flexibility index (Phi) is 4.36. The zero-order valence-electron chi connectivity index (χ0n) is 11.7. The summed E-state index contributed by atoms with van der Waals surface area (Å²) in [4.78, 5) is 0.106. The Hall–Kier alpha value is -1.11. The molecule has 5 nitrogen and oxygen atoms in total. The Morgan fingerprint density at radius 1 is 1.35 bits per heavy atom. The van der Waals surface area contributed by atoms with Crippen molar-refractivity contribution in [2.24, 2.45) is 5.41 Å². The van der Waals surface area contributed by atoms with E-state index in [0.29, 0.717) is 0 Å². The molecule has 0 aliphatic heterocycles. The van der Waals surface area contributed by atoms with Crippen molar-refractivity contribution < 1.29 is 13.5 Å². The number of anilines is 1. The maximum Gasteiger partial charge on any atom is 0.242 e. The van der Waals surface area contributed by atoms with Crippen molar-refractivity contribution in [1.29, 1.82) is 0 Å². The predicted octanol–water partition coefficient (Wildman–Crippen LogP) is 1.41. The van der Waals surface area contributed by atoms with Gasteiger partial charge >= 0.3 is 0 Å². The van der Waals surface area contributed by atoms with Gasteiger partial charge in [0.1, 0.15) is 4.90 Å². The lowest BCUT2D eigenvalue weighted by Gasteiger charge is -2.26. The second kappa shape index (κ2) is 5.71. The smallest absolute Gasteiger partial charge is 0.242 e. The zero-order chi connectivity index (χ0) is 14.8. The Balaban J connectivity index is 2.15. The molecule has 1 saturated carbocycles. The Bertz CT molecular complexity index is 578. The number of sulfonamides is 1. The van der Waals surface area contributed by atoms with E-state index < -0.39 is 10.0 Å². The average molecular weight is 298 g/mol. The number of nitrogens with two attached hydrogens (primary N) is 1. The number of nitrogen functional groups attached to an aromatic ring is 1. The van der Waals surface area contributed by atoms with Crippen LogP contribution in [-0.4, -0.2) is 26.7 Å². The normalized spacial score (nSPS) is 18.3. The van der Waals surface area contributed by atoms with Crippen LogP contribution in [-0.2, 0) is 10.0 Å². The first-order valence-corrected chi connectivity index (χ1v) is 8.34. The topological polar surface area (TPSA) is 92.4 Å². The first kappa shape index (κ1) is 15.3. The molecule has 1 aromatic carbocycles. The van der Waals surface area contributed by atoms with Gasteiger partial charge in [-0.2, -0.15) is 0 Å². The summed E-state index contributed by atoms with van der Waals surface area (Å²) in [7, 11) is -3.63. The lowest BCUT2D eigenvalue weighted by molar-refractivity contribution is 0.134. The molecule has 20 heavy (non-hydrogen) atoms. The molecule has 0 atom stereocenters. The molecule has 0 bridgehead atoms. The van der Waals surface area contributed by atoms with E-state index in [1.165, 1.54) is 6.07 Å². The van der Waals surface area contributed by atoms with Gasteiger partial charge < -0.3 is 10.8 Å². The van der Waals surface area contributed by atoms with Crippen LogP contribution in [0.3, 0.4) is 0 Å². The number of aliphatic hydroxyl groups excluding tert-OH is 1. The van der Waals surface area contributed by atoms with Crippen LogP contribution in [0.2, 0.25) is 0 Å². The maximum absolute atomic E-state index is 12.3. The summed E-state index contributed by atoms with van der Waals surface area (Å²) < 4.78 is 27.2. The first-order chi connectivity index (χ1) is 9.38. The minimum Gasteiger partial charge on any atom is -0.398 e. The molecule has 0 aromatic heterocycles. The fourth-order valence-corrected chi connectivity index (χ4v) is 4.02.